The molecule has 0 aromatic carbocycles. The Balaban J connectivity index is 1.58. The zero-order chi connectivity index (χ0) is 18.0. The van der Waals surface area contributed by atoms with Crippen LogP contribution in [0, 0.1) is 11.3 Å². The quantitative estimate of drug-likeness (QED) is 0.847. The van der Waals surface area contributed by atoms with E-state index in [9.17, 15) is 14.7 Å². The Bertz CT molecular complexity index is 756. The first-order chi connectivity index (χ1) is 11.9. The largest absolute Gasteiger partial charge is 0.481 e. The van der Waals surface area contributed by atoms with Gasteiger partial charge in [-0.2, -0.15) is 4.98 Å². The first-order valence-corrected chi connectivity index (χ1v) is 9.18. The van der Waals surface area contributed by atoms with Gasteiger partial charge in [0.05, 0.1) is 10.3 Å². The summed E-state index contributed by atoms with van der Waals surface area (Å²) in [6.45, 7) is 4.54. The third-order valence-corrected chi connectivity index (χ3v) is 5.81. The lowest BCUT2D eigenvalue weighted by atomic mass is 9.76. The molecule has 7 nitrogen and oxygen atoms in total. The van der Waals surface area contributed by atoms with E-state index in [2.05, 4.69) is 10.1 Å². The summed E-state index contributed by atoms with van der Waals surface area (Å²) in [6, 6.07) is 3.82. The SMILES string of the molecule is CC(C)C1(C(=O)O)CCN(C(=O)CCc2nc(-c3cccs3)no2)C1. The average molecular weight is 363 g/mol. The van der Waals surface area contributed by atoms with Crippen LogP contribution in [-0.4, -0.2) is 45.1 Å². The molecule has 25 heavy (non-hydrogen) atoms. The molecule has 2 aromatic rings. The van der Waals surface area contributed by atoms with E-state index in [0.717, 1.165) is 4.88 Å². The maximum absolute atomic E-state index is 12.4. The Morgan fingerprint density at radius 1 is 1.48 bits per heavy atom. The van der Waals surface area contributed by atoms with Crippen molar-refractivity contribution in [3.8, 4) is 10.7 Å². The summed E-state index contributed by atoms with van der Waals surface area (Å²) >= 11 is 1.52. The molecule has 3 heterocycles. The number of hydrogen-bond donors (Lipinski definition) is 1. The van der Waals surface area contributed by atoms with Crippen LogP contribution in [0.5, 0.6) is 0 Å². The number of carbonyl (C=O) groups excluding carboxylic acids is 1. The van der Waals surface area contributed by atoms with Gasteiger partial charge in [0, 0.05) is 25.9 Å². The monoisotopic (exact) mass is 363 g/mol. The standard InChI is InChI=1S/C17H21N3O4S/c1-11(2)17(16(22)23)7-8-20(10-17)14(21)6-5-13-18-15(19-24-13)12-4-3-9-25-12/h3-4,9,11H,5-8,10H2,1-2H3,(H,22,23). The van der Waals surface area contributed by atoms with Crippen molar-refractivity contribution in [2.45, 2.75) is 33.1 Å². The molecule has 1 fully saturated rings. The van der Waals surface area contributed by atoms with Crippen LogP contribution in [0.2, 0.25) is 0 Å². The van der Waals surface area contributed by atoms with Crippen molar-refractivity contribution in [2.75, 3.05) is 13.1 Å². The molecule has 8 heteroatoms. The molecule has 0 radical (unpaired) electrons. The molecule has 1 aliphatic heterocycles. The Morgan fingerprint density at radius 3 is 2.88 bits per heavy atom. The first kappa shape index (κ1) is 17.6. The van der Waals surface area contributed by atoms with Crippen molar-refractivity contribution < 1.29 is 19.2 Å². The summed E-state index contributed by atoms with van der Waals surface area (Å²) in [5.41, 5.74) is -0.841. The molecule has 0 saturated carbocycles. The van der Waals surface area contributed by atoms with Crippen molar-refractivity contribution in [1.82, 2.24) is 15.0 Å². The summed E-state index contributed by atoms with van der Waals surface area (Å²) < 4.78 is 5.20. The van der Waals surface area contributed by atoms with Crippen LogP contribution < -0.4 is 0 Å². The number of likely N-dealkylation sites (tertiary alicyclic amines) is 1. The molecule has 3 rings (SSSR count). The minimum Gasteiger partial charge on any atom is -0.481 e. The Hall–Kier alpha value is -2.22. The minimum absolute atomic E-state index is 0.0212. The highest BCUT2D eigenvalue weighted by Crippen LogP contribution is 2.38. The van der Waals surface area contributed by atoms with Crippen LogP contribution in [0.25, 0.3) is 10.7 Å². The number of carboxylic acids is 1. The van der Waals surface area contributed by atoms with Crippen LogP contribution in [0.15, 0.2) is 22.0 Å². The van der Waals surface area contributed by atoms with E-state index in [-0.39, 0.29) is 24.8 Å². The normalized spacial score (nSPS) is 20.4. The van der Waals surface area contributed by atoms with E-state index in [1.54, 1.807) is 4.90 Å². The van der Waals surface area contributed by atoms with Gasteiger partial charge in [0.2, 0.25) is 17.6 Å². The van der Waals surface area contributed by atoms with Gasteiger partial charge in [-0.25, -0.2) is 0 Å². The number of carbonyl (C=O) groups is 2. The average Bonchev–Trinajstić information content (AvgIpc) is 3.31. The van der Waals surface area contributed by atoms with Gasteiger partial charge in [0.25, 0.3) is 0 Å². The third kappa shape index (κ3) is 3.44. The summed E-state index contributed by atoms with van der Waals surface area (Å²) in [5, 5.41) is 15.4. The highest BCUT2D eigenvalue weighted by atomic mass is 32.1. The number of hydrogen-bond acceptors (Lipinski definition) is 6. The van der Waals surface area contributed by atoms with E-state index >= 15 is 0 Å². The van der Waals surface area contributed by atoms with Gasteiger partial charge < -0.3 is 14.5 Å². The van der Waals surface area contributed by atoms with Gasteiger partial charge in [-0.15, -0.1) is 11.3 Å². The Kier molecular flexibility index (Phi) is 4.89. The summed E-state index contributed by atoms with van der Waals surface area (Å²) in [6.07, 6.45) is 1.09. The molecule has 1 atom stereocenters. The topological polar surface area (TPSA) is 96.5 Å². The number of nitrogens with zero attached hydrogens (tertiary/aromatic N) is 3. The molecule has 1 saturated heterocycles. The Morgan fingerprint density at radius 2 is 2.28 bits per heavy atom. The van der Waals surface area contributed by atoms with Crippen molar-refractivity contribution in [3.05, 3.63) is 23.4 Å². The van der Waals surface area contributed by atoms with E-state index < -0.39 is 11.4 Å². The molecule has 134 valence electrons. The molecule has 0 aliphatic carbocycles. The number of carboxylic acid groups (broad SMARTS) is 1. The number of aromatic nitrogens is 2. The fraction of sp³-hybridized carbons (Fsp3) is 0.529. The maximum atomic E-state index is 12.4. The summed E-state index contributed by atoms with van der Waals surface area (Å²) in [4.78, 5) is 31.0. The smallest absolute Gasteiger partial charge is 0.311 e. The van der Waals surface area contributed by atoms with Gasteiger partial charge in [-0.3, -0.25) is 9.59 Å². The number of thiophene rings is 1. The van der Waals surface area contributed by atoms with E-state index in [1.165, 1.54) is 11.3 Å². The van der Waals surface area contributed by atoms with Gasteiger partial charge in [0.1, 0.15) is 0 Å². The number of aliphatic carboxylic acids is 1. The lowest BCUT2D eigenvalue weighted by molar-refractivity contribution is -0.151. The van der Waals surface area contributed by atoms with Crippen LogP contribution >= 0.6 is 11.3 Å². The molecule has 2 aromatic heterocycles. The highest BCUT2D eigenvalue weighted by Gasteiger charge is 2.48. The summed E-state index contributed by atoms with van der Waals surface area (Å²) in [7, 11) is 0. The predicted octanol–water partition coefficient (Wildman–Crippen LogP) is 2.69. The highest BCUT2D eigenvalue weighted by molar-refractivity contribution is 7.13. The fourth-order valence-corrected chi connectivity index (χ4v) is 3.82. The second-order valence-electron chi connectivity index (χ2n) is 6.67. The third-order valence-electron chi connectivity index (χ3n) is 4.95. The van der Waals surface area contributed by atoms with E-state index in [0.29, 0.717) is 31.1 Å². The number of aryl methyl sites for hydroxylation is 1. The van der Waals surface area contributed by atoms with Crippen LogP contribution in [-0.2, 0) is 16.0 Å². The Labute approximate surface area is 149 Å². The molecule has 1 unspecified atom stereocenters. The second-order valence-corrected chi connectivity index (χ2v) is 7.62. The fourth-order valence-electron chi connectivity index (χ4n) is 3.17. The lowest BCUT2D eigenvalue weighted by Crippen LogP contribution is -2.40. The van der Waals surface area contributed by atoms with Gasteiger partial charge in [0.15, 0.2) is 0 Å². The minimum atomic E-state index is -0.841. The van der Waals surface area contributed by atoms with Crippen LogP contribution in [0.4, 0.5) is 0 Å². The molecule has 1 N–H and O–H groups in total. The molecule has 0 spiro atoms. The van der Waals surface area contributed by atoms with Crippen molar-refractivity contribution in [2.24, 2.45) is 11.3 Å². The molecular weight excluding hydrogens is 342 g/mol. The zero-order valence-corrected chi connectivity index (χ0v) is 15.1. The second kappa shape index (κ2) is 6.95. The first-order valence-electron chi connectivity index (χ1n) is 8.30. The molecular formula is C17H21N3O4S. The summed E-state index contributed by atoms with van der Waals surface area (Å²) in [5.74, 6) is 0.0367. The van der Waals surface area contributed by atoms with Gasteiger partial charge in [-0.1, -0.05) is 25.1 Å². The van der Waals surface area contributed by atoms with E-state index in [4.69, 9.17) is 4.52 Å². The van der Waals surface area contributed by atoms with Crippen molar-refractivity contribution in [3.63, 3.8) is 0 Å². The van der Waals surface area contributed by atoms with Crippen molar-refractivity contribution in [1.29, 1.82) is 0 Å². The number of amides is 1. The van der Waals surface area contributed by atoms with Crippen molar-refractivity contribution >= 4 is 23.2 Å². The van der Waals surface area contributed by atoms with Gasteiger partial charge in [-0.05, 0) is 23.8 Å². The lowest BCUT2D eigenvalue weighted by Gasteiger charge is -2.28. The van der Waals surface area contributed by atoms with Crippen LogP contribution in [0.3, 0.4) is 0 Å². The molecule has 1 amide bonds. The zero-order valence-electron chi connectivity index (χ0n) is 14.3. The molecule has 0 bridgehead atoms. The molecule has 1 aliphatic rings. The number of rotatable bonds is 6. The maximum Gasteiger partial charge on any atom is 0.311 e. The van der Waals surface area contributed by atoms with E-state index in [1.807, 2.05) is 31.4 Å². The van der Waals surface area contributed by atoms with Crippen LogP contribution in [0.1, 0.15) is 32.6 Å². The predicted molar refractivity (Wildman–Crippen MR) is 92.0 cm³/mol. The van der Waals surface area contributed by atoms with Gasteiger partial charge >= 0.3 is 5.97 Å².